The Labute approximate surface area is 184 Å². The van der Waals surface area contributed by atoms with Gasteiger partial charge in [0.2, 0.25) is 0 Å². The maximum absolute atomic E-state index is 12.4. The Kier molecular flexibility index (Phi) is 7.67. The summed E-state index contributed by atoms with van der Waals surface area (Å²) in [6.45, 7) is 3.06. The monoisotopic (exact) mass is 443 g/mol. The molecule has 0 radical (unpaired) electrons. The minimum atomic E-state index is -1.23. The van der Waals surface area contributed by atoms with Crippen LogP contribution in [0.25, 0.3) is 11.1 Å². The number of hydrogen-bond acceptors (Lipinski definition) is 6. The van der Waals surface area contributed by atoms with Crippen LogP contribution in [-0.4, -0.2) is 49.8 Å². The summed E-state index contributed by atoms with van der Waals surface area (Å²) in [5.74, 6) is -2.01. The van der Waals surface area contributed by atoms with Crippen LogP contribution in [0.2, 0.25) is 0 Å². The number of hydrogen-bond donors (Lipinski definition) is 1. The van der Waals surface area contributed by atoms with E-state index < -0.39 is 30.7 Å². The van der Waals surface area contributed by atoms with E-state index in [9.17, 15) is 14.4 Å². The van der Waals surface area contributed by atoms with Crippen LogP contribution < -0.4 is 5.32 Å². The molecule has 0 aromatic heterocycles. The molecule has 7 nitrogen and oxygen atoms in total. The van der Waals surface area contributed by atoms with Crippen LogP contribution >= 0.6 is 11.6 Å². The number of alkyl halides is 1. The highest BCUT2D eigenvalue weighted by Crippen LogP contribution is 2.44. The van der Waals surface area contributed by atoms with Gasteiger partial charge in [-0.05, 0) is 22.3 Å². The third-order valence-electron chi connectivity index (χ3n) is 4.78. The van der Waals surface area contributed by atoms with Crippen molar-refractivity contribution in [3.63, 3.8) is 0 Å². The van der Waals surface area contributed by atoms with Crippen molar-refractivity contribution in [2.45, 2.75) is 12.0 Å². The van der Waals surface area contributed by atoms with Gasteiger partial charge in [0.25, 0.3) is 0 Å². The van der Waals surface area contributed by atoms with Gasteiger partial charge in [-0.15, -0.1) is 11.6 Å². The average molecular weight is 444 g/mol. The Bertz CT molecular complexity index is 931. The fourth-order valence-corrected chi connectivity index (χ4v) is 3.48. The Morgan fingerprint density at radius 2 is 1.61 bits per heavy atom. The summed E-state index contributed by atoms with van der Waals surface area (Å²) >= 11 is 5.39. The molecular formula is C23H22ClNO6. The number of fused-ring (bicyclic) bond motifs is 3. The Hall–Kier alpha value is -3.32. The van der Waals surface area contributed by atoms with Crippen LogP contribution in [0.3, 0.4) is 0 Å². The second-order valence-corrected chi connectivity index (χ2v) is 7.03. The van der Waals surface area contributed by atoms with E-state index in [0.717, 1.165) is 22.3 Å². The Morgan fingerprint density at radius 1 is 1.00 bits per heavy atom. The van der Waals surface area contributed by atoms with Gasteiger partial charge in [-0.3, -0.25) is 4.79 Å². The predicted molar refractivity (Wildman–Crippen MR) is 115 cm³/mol. The van der Waals surface area contributed by atoms with E-state index in [1.54, 1.807) is 0 Å². The second-order valence-electron chi connectivity index (χ2n) is 6.76. The van der Waals surface area contributed by atoms with Gasteiger partial charge in [-0.1, -0.05) is 61.2 Å². The highest BCUT2D eigenvalue weighted by molar-refractivity contribution is 6.26. The quantitative estimate of drug-likeness (QED) is 0.276. The maximum Gasteiger partial charge on any atom is 0.407 e. The molecule has 1 aliphatic rings. The molecule has 1 amide bonds. The number of rotatable bonds is 9. The lowest BCUT2D eigenvalue weighted by Crippen LogP contribution is -2.46. The van der Waals surface area contributed by atoms with Crippen molar-refractivity contribution in [3.8, 4) is 11.1 Å². The molecular weight excluding hydrogens is 422 g/mol. The number of carbonyl (C=O) groups is 3. The van der Waals surface area contributed by atoms with E-state index in [2.05, 4.69) is 11.9 Å². The number of ether oxygens (including phenoxy) is 3. The van der Waals surface area contributed by atoms with E-state index in [0.29, 0.717) is 0 Å². The summed E-state index contributed by atoms with van der Waals surface area (Å²) in [6, 6.07) is 14.6. The molecule has 0 unspecified atom stereocenters. The molecule has 0 bridgehead atoms. The first-order valence-corrected chi connectivity index (χ1v) is 10.2. The molecule has 0 saturated carbocycles. The van der Waals surface area contributed by atoms with Crippen LogP contribution in [0, 0.1) is 0 Å². The molecule has 3 rings (SSSR count). The average Bonchev–Trinajstić information content (AvgIpc) is 3.12. The molecule has 0 fully saturated rings. The van der Waals surface area contributed by atoms with Crippen LogP contribution in [0.15, 0.2) is 61.2 Å². The highest BCUT2D eigenvalue weighted by Gasteiger charge is 2.30. The van der Waals surface area contributed by atoms with Gasteiger partial charge >= 0.3 is 18.0 Å². The number of amides is 1. The summed E-state index contributed by atoms with van der Waals surface area (Å²) in [6.07, 6.45) is 0.553. The summed E-state index contributed by atoms with van der Waals surface area (Å²) in [4.78, 5) is 35.9. The molecule has 0 heterocycles. The number of alkyl carbamates (subject to hydrolysis) is 1. The van der Waals surface area contributed by atoms with Crippen LogP contribution in [-0.2, 0) is 23.8 Å². The zero-order valence-electron chi connectivity index (χ0n) is 16.7. The molecule has 0 aliphatic heterocycles. The molecule has 8 heteroatoms. The maximum atomic E-state index is 12.4. The SMILES string of the molecule is C=CCOC(=O)[C@@H](COC(=O)CCl)NC(=O)OCC1c2ccccc2-c2ccccc21. The summed E-state index contributed by atoms with van der Waals surface area (Å²) in [5.41, 5.74) is 4.33. The molecule has 1 atom stereocenters. The molecule has 1 aliphatic carbocycles. The van der Waals surface area contributed by atoms with E-state index >= 15 is 0 Å². The standard InChI is InChI=1S/C23H22ClNO6/c1-2-11-29-22(27)20(14-30-21(26)12-24)25-23(28)31-13-19-17-9-5-3-7-15(17)16-8-4-6-10-18(16)19/h2-10,19-20H,1,11-14H2,(H,25,28)/t20-/m1/s1. The van der Waals surface area contributed by atoms with Crippen LogP contribution in [0.1, 0.15) is 17.0 Å². The van der Waals surface area contributed by atoms with Crippen molar-refractivity contribution in [2.24, 2.45) is 0 Å². The molecule has 2 aromatic carbocycles. The molecule has 31 heavy (non-hydrogen) atoms. The third kappa shape index (κ3) is 5.44. The van der Waals surface area contributed by atoms with Gasteiger partial charge in [-0.25, -0.2) is 9.59 Å². The minimum Gasteiger partial charge on any atom is -0.462 e. The lowest BCUT2D eigenvalue weighted by atomic mass is 9.98. The largest absolute Gasteiger partial charge is 0.462 e. The van der Waals surface area contributed by atoms with Gasteiger partial charge in [0.05, 0.1) is 0 Å². The van der Waals surface area contributed by atoms with Crippen molar-refractivity contribution >= 4 is 29.6 Å². The smallest absolute Gasteiger partial charge is 0.407 e. The van der Waals surface area contributed by atoms with Gasteiger partial charge in [0.15, 0.2) is 6.04 Å². The third-order valence-corrected chi connectivity index (χ3v) is 5.00. The number of esters is 2. The normalized spacial score (nSPS) is 12.8. The van der Waals surface area contributed by atoms with Crippen LogP contribution in [0.5, 0.6) is 0 Å². The zero-order chi connectivity index (χ0) is 22.2. The first-order chi connectivity index (χ1) is 15.0. The molecule has 0 saturated heterocycles. The van der Waals surface area contributed by atoms with E-state index in [-0.39, 0.29) is 25.0 Å². The van der Waals surface area contributed by atoms with Crippen molar-refractivity contribution in [1.29, 1.82) is 0 Å². The molecule has 162 valence electrons. The summed E-state index contributed by atoms with van der Waals surface area (Å²) in [5, 5.41) is 2.39. The van der Waals surface area contributed by atoms with Gasteiger partial charge in [0.1, 0.15) is 25.7 Å². The van der Waals surface area contributed by atoms with Crippen molar-refractivity contribution in [3.05, 3.63) is 72.3 Å². The van der Waals surface area contributed by atoms with E-state index in [1.807, 2.05) is 48.5 Å². The fourth-order valence-electron chi connectivity index (χ4n) is 3.41. The number of carbonyl (C=O) groups excluding carboxylic acids is 3. The van der Waals surface area contributed by atoms with Gasteiger partial charge < -0.3 is 19.5 Å². The lowest BCUT2D eigenvalue weighted by molar-refractivity contribution is -0.150. The highest BCUT2D eigenvalue weighted by atomic mass is 35.5. The second kappa shape index (κ2) is 10.6. The summed E-state index contributed by atoms with van der Waals surface area (Å²) in [7, 11) is 0. The molecule has 1 N–H and O–H groups in total. The van der Waals surface area contributed by atoms with Gasteiger partial charge in [-0.2, -0.15) is 0 Å². The van der Waals surface area contributed by atoms with E-state index in [4.69, 9.17) is 25.8 Å². The van der Waals surface area contributed by atoms with Crippen molar-refractivity contribution in [2.75, 3.05) is 25.7 Å². The summed E-state index contributed by atoms with van der Waals surface area (Å²) < 4.78 is 15.2. The van der Waals surface area contributed by atoms with Crippen molar-refractivity contribution in [1.82, 2.24) is 5.32 Å². The first-order valence-electron chi connectivity index (χ1n) is 9.65. The number of nitrogens with one attached hydrogen (secondary N) is 1. The van der Waals surface area contributed by atoms with E-state index in [1.165, 1.54) is 6.08 Å². The number of benzene rings is 2. The predicted octanol–water partition coefficient (Wildman–Crippen LogP) is 3.40. The topological polar surface area (TPSA) is 90.9 Å². The zero-order valence-corrected chi connectivity index (χ0v) is 17.5. The molecule has 2 aromatic rings. The van der Waals surface area contributed by atoms with Gasteiger partial charge in [0, 0.05) is 5.92 Å². The fraction of sp³-hybridized carbons (Fsp3) is 0.261. The van der Waals surface area contributed by atoms with Crippen molar-refractivity contribution < 1.29 is 28.6 Å². The Balaban J connectivity index is 1.65. The number of halogens is 1. The minimum absolute atomic E-state index is 0.0504. The lowest BCUT2D eigenvalue weighted by Gasteiger charge is -2.19. The van der Waals surface area contributed by atoms with Crippen LogP contribution in [0.4, 0.5) is 4.79 Å². The first kappa shape index (κ1) is 22.4. The molecule has 0 spiro atoms. The Morgan fingerprint density at radius 3 is 2.19 bits per heavy atom.